The summed E-state index contributed by atoms with van der Waals surface area (Å²) in [4.78, 5) is 4.67. The van der Waals surface area contributed by atoms with Crippen LogP contribution in [0.4, 0.5) is 0 Å². The first-order valence-corrected chi connectivity index (χ1v) is 5.73. The van der Waals surface area contributed by atoms with Crippen molar-refractivity contribution in [2.45, 2.75) is 26.2 Å². The van der Waals surface area contributed by atoms with Gasteiger partial charge in [-0.25, -0.2) is 0 Å². The van der Waals surface area contributed by atoms with E-state index in [-0.39, 0.29) is 0 Å². The molecule has 1 aliphatic heterocycles. The molecule has 0 atom stereocenters. The van der Waals surface area contributed by atoms with Gasteiger partial charge in [-0.2, -0.15) is 0 Å². The SMILES string of the molecule is C=CCN1C=C(CCCC)N(CC=C)C1. The maximum Gasteiger partial charge on any atom is 0.0902 e. The normalized spacial score (nSPS) is 15.4. The number of allylic oxidation sites excluding steroid dienone is 1. The zero-order chi connectivity index (χ0) is 11.1. The number of rotatable bonds is 7. The molecule has 0 aromatic rings. The van der Waals surface area contributed by atoms with Crippen molar-refractivity contribution >= 4 is 0 Å². The van der Waals surface area contributed by atoms with Gasteiger partial charge in [0.25, 0.3) is 0 Å². The lowest BCUT2D eigenvalue weighted by molar-refractivity contribution is 0.283. The monoisotopic (exact) mass is 206 g/mol. The van der Waals surface area contributed by atoms with E-state index in [9.17, 15) is 0 Å². The van der Waals surface area contributed by atoms with E-state index in [0.717, 1.165) is 19.8 Å². The summed E-state index contributed by atoms with van der Waals surface area (Å²) in [5.74, 6) is 0. The molecule has 0 radical (unpaired) electrons. The van der Waals surface area contributed by atoms with Crippen LogP contribution >= 0.6 is 0 Å². The van der Waals surface area contributed by atoms with Gasteiger partial charge in [0.2, 0.25) is 0 Å². The summed E-state index contributed by atoms with van der Waals surface area (Å²) in [6.07, 6.45) is 9.88. The van der Waals surface area contributed by atoms with E-state index in [2.05, 4.69) is 36.1 Å². The lowest BCUT2D eigenvalue weighted by Crippen LogP contribution is -2.27. The number of hydrogen-bond acceptors (Lipinski definition) is 2. The summed E-state index contributed by atoms with van der Waals surface area (Å²) in [5, 5.41) is 0. The van der Waals surface area contributed by atoms with Gasteiger partial charge in [-0.05, 0) is 12.8 Å². The van der Waals surface area contributed by atoms with Crippen molar-refractivity contribution in [1.82, 2.24) is 9.80 Å². The van der Waals surface area contributed by atoms with E-state index in [1.54, 1.807) is 0 Å². The van der Waals surface area contributed by atoms with Gasteiger partial charge in [-0.1, -0.05) is 25.5 Å². The Hall–Kier alpha value is -1.18. The molecule has 15 heavy (non-hydrogen) atoms. The molecular weight excluding hydrogens is 184 g/mol. The maximum absolute atomic E-state index is 3.80. The topological polar surface area (TPSA) is 6.48 Å². The van der Waals surface area contributed by atoms with Gasteiger partial charge in [0, 0.05) is 25.0 Å². The molecule has 0 aromatic carbocycles. The first-order chi connectivity index (χ1) is 7.31. The van der Waals surface area contributed by atoms with Crippen molar-refractivity contribution in [3.63, 3.8) is 0 Å². The number of nitrogens with zero attached hydrogens (tertiary/aromatic N) is 2. The maximum atomic E-state index is 3.80. The Kier molecular flexibility index (Phi) is 5.02. The van der Waals surface area contributed by atoms with Gasteiger partial charge in [0.15, 0.2) is 0 Å². The average Bonchev–Trinajstić information content (AvgIpc) is 2.59. The molecule has 84 valence electrons. The number of unbranched alkanes of at least 4 members (excludes halogenated alkanes) is 1. The van der Waals surface area contributed by atoms with Crippen molar-refractivity contribution in [1.29, 1.82) is 0 Å². The minimum atomic E-state index is 0.934. The second kappa shape index (κ2) is 6.33. The fourth-order valence-corrected chi connectivity index (χ4v) is 1.83. The van der Waals surface area contributed by atoms with Gasteiger partial charge >= 0.3 is 0 Å². The lowest BCUT2D eigenvalue weighted by atomic mass is 10.2. The summed E-state index contributed by atoms with van der Waals surface area (Å²) < 4.78 is 0. The second-order valence-corrected chi connectivity index (χ2v) is 3.94. The van der Waals surface area contributed by atoms with Crippen molar-refractivity contribution < 1.29 is 0 Å². The van der Waals surface area contributed by atoms with Crippen LogP contribution in [0.1, 0.15) is 26.2 Å². The number of hydrogen-bond donors (Lipinski definition) is 0. The van der Waals surface area contributed by atoms with E-state index in [1.807, 2.05) is 12.2 Å². The van der Waals surface area contributed by atoms with Gasteiger partial charge in [0.1, 0.15) is 0 Å². The van der Waals surface area contributed by atoms with Crippen LogP contribution < -0.4 is 0 Å². The quantitative estimate of drug-likeness (QED) is 0.591. The zero-order valence-electron chi connectivity index (χ0n) is 9.78. The first kappa shape index (κ1) is 11.9. The van der Waals surface area contributed by atoms with Crippen molar-refractivity contribution in [3.8, 4) is 0 Å². The Bertz CT molecular complexity index is 243. The predicted octanol–water partition coefficient (Wildman–Crippen LogP) is 2.97. The molecule has 0 aromatic heterocycles. The van der Waals surface area contributed by atoms with Crippen LogP contribution in [0.25, 0.3) is 0 Å². The molecule has 0 fully saturated rings. The highest BCUT2D eigenvalue weighted by Crippen LogP contribution is 2.20. The third-order valence-electron chi connectivity index (χ3n) is 2.59. The molecule has 0 spiro atoms. The summed E-state index contributed by atoms with van der Waals surface area (Å²) in [5.41, 5.74) is 1.44. The third-order valence-corrected chi connectivity index (χ3v) is 2.59. The summed E-state index contributed by atoms with van der Waals surface area (Å²) in [6, 6.07) is 0. The average molecular weight is 206 g/mol. The van der Waals surface area contributed by atoms with Crippen LogP contribution in [0.2, 0.25) is 0 Å². The fourth-order valence-electron chi connectivity index (χ4n) is 1.83. The highest BCUT2D eigenvalue weighted by Gasteiger charge is 2.17. The summed E-state index contributed by atoms with van der Waals surface area (Å²) in [7, 11) is 0. The molecule has 0 bridgehead atoms. The lowest BCUT2D eigenvalue weighted by Gasteiger charge is -2.21. The highest BCUT2D eigenvalue weighted by atomic mass is 15.3. The molecule has 2 nitrogen and oxygen atoms in total. The van der Waals surface area contributed by atoms with E-state index < -0.39 is 0 Å². The fraction of sp³-hybridized carbons (Fsp3) is 0.538. The second-order valence-electron chi connectivity index (χ2n) is 3.94. The van der Waals surface area contributed by atoms with Crippen LogP contribution in [-0.2, 0) is 0 Å². The van der Waals surface area contributed by atoms with E-state index in [1.165, 1.54) is 25.0 Å². The van der Waals surface area contributed by atoms with Gasteiger partial charge in [0.05, 0.1) is 6.67 Å². The van der Waals surface area contributed by atoms with E-state index in [4.69, 9.17) is 0 Å². The third kappa shape index (κ3) is 3.46. The smallest absolute Gasteiger partial charge is 0.0902 e. The van der Waals surface area contributed by atoms with Crippen LogP contribution in [0.5, 0.6) is 0 Å². The Morgan fingerprint density at radius 1 is 1.33 bits per heavy atom. The minimum Gasteiger partial charge on any atom is -0.355 e. The minimum absolute atomic E-state index is 0.934. The van der Waals surface area contributed by atoms with Gasteiger partial charge in [-0.3, -0.25) is 0 Å². The van der Waals surface area contributed by atoms with E-state index >= 15 is 0 Å². The molecule has 0 saturated carbocycles. The van der Waals surface area contributed by atoms with Crippen LogP contribution in [-0.4, -0.2) is 29.6 Å². The van der Waals surface area contributed by atoms with Crippen molar-refractivity contribution in [3.05, 3.63) is 37.2 Å². The molecule has 1 heterocycles. The Morgan fingerprint density at radius 3 is 2.67 bits per heavy atom. The van der Waals surface area contributed by atoms with E-state index in [0.29, 0.717) is 0 Å². The molecule has 0 N–H and O–H groups in total. The Balaban J connectivity index is 2.54. The molecule has 1 aliphatic rings. The summed E-state index contributed by atoms with van der Waals surface area (Å²) >= 11 is 0. The van der Waals surface area contributed by atoms with Crippen molar-refractivity contribution in [2.75, 3.05) is 19.8 Å². The Labute approximate surface area is 93.6 Å². The summed E-state index contributed by atoms with van der Waals surface area (Å²) in [6.45, 7) is 12.7. The highest BCUT2D eigenvalue weighted by molar-refractivity contribution is 5.08. The Morgan fingerprint density at radius 2 is 2.07 bits per heavy atom. The molecule has 2 heteroatoms. The molecule has 0 unspecified atom stereocenters. The largest absolute Gasteiger partial charge is 0.355 e. The molecule has 0 aliphatic carbocycles. The standard InChI is InChI=1S/C13H22N2/c1-4-7-8-13-11-14(9-5-2)12-15(13)10-6-3/h5-6,11H,2-4,7-10,12H2,1H3. The van der Waals surface area contributed by atoms with Crippen molar-refractivity contribution in [2.24, 2.45) is 0 Å². The molecule has 0 amide bonds. The van der Waals surface area contributed by atoms with Crippen LogP contribution in [0.3, 0.4) is 0 Å². The molecular formula is C13H22N2. The van der Waals surface area contributed by atoms with Gasteiger partial charge in [-0.15, -0.1) is 13.2 Å². The van der Waals surface area contributed by atoms with Crippen LogP contribution in [0.15, 0.2) is 37.2 Å². The van der Waals surface area contributed by atoms with Gasteiger partial charge < -0.3 is 9.80 Å². The van der Waals surface area contributed by atoms with Crippen LogP contribution in [0, 0.1) is 0 Å². The first-order valence-electron chi connectivity index (χ1n) is 5.73. The molecule has 0 saturated heterocycles. The zero-order valence-corrected chi connectivity index (χ0v) is 9.78. The molecule has 1 rings (SSSR count). The predicted molar refractivity (Wildman–Crippen MR) is 66.3 cm³/mol.